The Morgan fingerprint density at radius 1 is 1.13 bits per heavy atom. The maximum Gasteiger partial charge on any atom is 0.282 e. The van der Waals surface area contributed by atoms with Gasteiger partial charge < -0.3 is 9.80 Å². The van der Waals surface area contributed by atoms with Crippen LogP contribution in [0.2, 0.25) is 0 Å². The molecule has 1 aliphatic rings. The molecule has 1 atom stereocenters. The number of piperidine rings is 1. The number of benzene rings is 1. The van der Waals surface area contributed by atoms with Crippen LogP contribution in [0.3, 0.4) is 0 Å². The second kappa shape index (κ2) is 7.48. The van der Waals surface area contributed by atoms with E-state index in [0.29, 0.717) is 0 Å². The van der Waals surface area contributed by atoms with Gasteiger partial charge in [0.25, 0.3) is 5.91 Å². The Morgan fingerprint density at radius 3 is 2.22 bits per heavy atom. The van der Waals surface area contributed by atoms with Gasteiger partial charge in [-0.1, -0.05) is 24.6 Å². The maximum absolute atomic E-state index is 13.1. The van der Waals surface area contributed by atoms with Crippen LogP contribution >= 0.6 is 0 Å². The number of likely N-dealkylation sites (tertiary alicyclic amines) is 1. The van der Waals surface area contributed by atoms with Crippen molar-refractivity contribution >= 4 is 11.6 Å². The summed E-state index contributed by atoms with van der Waals surface area (Å²) in [5, 5.41) is 3.26. The molecular formula is C20H33N2O+. The molecule has 23 heavy (non-hydrogen) atoms. The van der Waals surface area contributed by atoms with Crippen molar-refractivity contribution in [3.8, 4) is 0 Å². The van der Waals surface area contributed by atoms with Crippen LogP contribution in [0.15, 0.2) is 12.1 Å². The van der Waals surface area contributed by atoms with Crippen molar-refractivity contribution in [2.75, 3.05) is 25.5 Å². The van der Waals surface area contributed by atoms with Gasteiger partial charge in [0.2, 0.25) is 0 Å². The highest BCUT2D eigenvalue weighted by Crippen LogP contribution is 2.27. The van der Waals surface area contributed by atoms with E-state index in [9.17, 15) is 4.79 Å². The number of rotatable bonds is 5. The fourth-order valence-electron chi connectivity index (χ4n) is 4.13. The van der Waals surface area contributed by atoms with Gasteiger partial charge in [-0.05, 0) is 57.6 Å². The first-order valence-electron chi connectivity index (χ1n) is 9.10. The van der Waals surface area contributed by atoms with E-state index in [1.165, 1.54) is 24.8 Å². The van der Waals surface area contributed by atoms with Crippen molar-refractivity contribution in [1.82, 2.24) is 0 Å². The summed E-state index contributed by atoms with van der Waals surface area (Å²) in [6, 6.07) is 4.36. The summed E-state index contributed by atoms with van der Waals surface area (Å²) in [6.07, 6.45) is 5.81. The second-order valence-electron chi connectivity index (χ2n) is 7.55. The highest BCUT2D eigenvalue weighted by molar-refractivity contribution is 5.95. The summed E-state index contributed by atoms with van der Waals surface area (Å²) in [5.41, 5.74) is 4.57. The Hall–Kier alpha value is -1.35. The lowest BCUT2D eigenvalue weighted by molar-refractivity contribution is -0.929. The van der Waals surface area contributed by atoms with Gasteiger partial charge in [-0.15, -0.1) is 0 Å². The van der Waals surface area contributed by atoms with E-state index in [1.807, 2.05) is 0 Å². The first kappa shape index (κ1) is 18.0. The highest BCUT2D eigenvalue weighted by atomic mass is 16.2. The molecule has 1 aromatic carbocycles. The van der Waals surface area contributed by atoms with Crippen LogP contribution in [0.25, 0.3) is 0 Å². The molecule has 1 unspecified atom stereocenters. The van der Waals surface area contributed by atoms with Crippen LogP contribution in [-0.4, -0.2) is 36.6 Å². The first-order valence-corrected chi connectivity index (χ1v) is 9.10. The van der Waals surface area contributed by atoms with Crippen LogP contribution in [0.1, 0.15) is 55.7 Å². The SMILES string of the molecule is CCCC(C(=O)Nc1c(C)cc(C)cc1C)[N+]1(C)CCCCC1. The van der Waals surface area contributed by atoms with Crippen molar-refractivity contribution in [2.24, 2.45) is 0 Å². The molecule has 0 radical (unpaired) electrons. The number of nitrogens with one attached hydrogen (secondary N) is 1. The van der Waals surface area contributed by atoms with E-state index in [-0.39, 0.29) is 11.9 Å². The van der Waals surface area contributed by atoms with Crippen LogP contribution < -0.4 is 5.32 Å². The maximum atomic E-state index is 13.1. The number of quaternary nitrogens is 1. The number of anilines is 1. The minimum Gasteiger partial charge on any atom is -0.320 e. The molecule has 1 N–H and O–H groups in total. The molecule has 1 heterocycles. The van der Waals surface area contributed by atoms with E-state index in [4.69, 9.17) is 0 Å². The fraction of sp³-hybridized carbons (Fsp3) is 0.650. The van der Waals surface area contributed by atoms with Gasteiger partial charge in [0.15, 0.2) is 6.04 Å². The van der Waals surface area contributed by atoms with Crippen LogP contribution in [0.5, 0.6) is 0 Å². The molecule has 1 saturated heterocycles. The molecule has 1 amide bonds. The van der Waals surface area contributed by atoms with Crippen molar-refractivity contribution in [2.45, 2.75) is 65.8 Å². The normalized spacial score (nSPS) is 18.5. The summed E-state index contributed by atoms with van der Waals surface area (Å²) >= 11 is 0. The average Bonchev–Trinajstić information content (AvgIpc) is 2.48. The topological polar surface area (TPSA) is 29.1 Å². The molecule has 0 spiro atoms. The minimum atomic E-state index is 0.0698. The van der Waals surface area contributed by atoms with E-state index >= 15 is 0 Å². The molecule has 0 bridgehead atoms. The summed E-state index contributed by atoms with van der Waals surface area (Å²) in [5.74, 6) is 0.200. The number of aryl methyl sites for hydroxylation is 3. The van der Waals surface area contributed by atoms with E-state index < -0.39 is 0 Å². The van der Waals surface area contributed by atoms with E-state index in [1.54, 1.807) is 0 Å². The number of hydrogen-bond donors (Lipinski definition) is 1. The molecule has 3 nitrogen and oxygen atoms in total. The molecular weight excluding hydrogens is 284 g/mol. The number of carbonyl (C=O) groups excluding carboxylic acids is 1. The number of carbonyl (C=O) groups is 1. The van der Waals surface area contributed by atoms with Gasteiger partial charge in [0.05, 0.1) is 20.1 Å². The fourth-order valence-corrected chi connectivity index (χ4v) is 4.13. The van der Waals surface area contributed by atoms with Crippen molar-refractivity contribution in [3.05, 3.63) is 28.8 Å². The van der Waals surface area contributed by atoms with Crippen LogP contribution in [0.4, 0.5) is 5.69 Å². The minimum absolute atomic E-state index is 0.0698. The summed E-state index contributed by atoms with van der Waals surface area (Å²) in [7, 11) is 2.27. The van der Waals surface area contributed by atoms with Gasteiger partial charge in [-0.2, -0.15) is 0 Å². The standard InChI is InChI=1S/C20H32N2O/c1-6-10-18(22(5)11-8-7-9-12-22)20(23)21-19-16(3)13-15(2)14-17(19)4/h13-14,18H,6-12H2,1-5H3/p+1. The number of amides is 1. The first-order chi connectivity index (χ1) is 10.9. The summed E-state index contributed by atoms with van der Waals surface area (Å²) in [4.78, 5) is 13.1. The largest absolute Gasteiger partial charge is 0.320 e. The molecule has 1 fully saturated rings. The summed E-state index contributed by atoms with van der Waals surface area (Å²) in [6.45, 7) is 10.7. The van der Waals surface area contributed by atoms with Gasteiger partial charge in [-0.25, -0.2) is 0 Å². The van der Waals surface area contributed by atoms with Crippen molar-refractivity contribution in [1.29, 1.82) is 0 Å². The van der Waals surface area contributed by atoms with Gasteiger partial charge in [-0.3, -0.25) is 4.79 Å². The third-order valence-electron chi connectivity index (χ3n) is 5.38. The molecule has 0 aliphatic carbocycles. The number of likely N-dealkylation sites (N-methyl/N-ethyl adjacent to an activating group) is 1. The Balaban J connectivity index is 2.22. The lowest BCUT2D eigenvalue weighted by Crippen LogP contribution is -2.59. The van der Waals surface area contributed by atoms with Gasteiger partial charge in [0.1, 0.15) is 0 Å². The van der Waals surface area contributed by atoms with Crippen molar-refractivity contribution < 1.29 is 9.28 Å². The Kier molecular flexibility index (Phi) is 5.85. The Bertz CT molecular complexity index is 536. The molecule has 0 aromatic heterocycles. The molecule has 1 aliphatic heterocycles. The highest BCUT2D eigenvalue weighted by Gasteiger charge is 2.38. The average molecular weight is 317 g/mol. The Morgan fingerprint density at radius 2 is 1.70 bits per heavy atom. The van der Waals surface area contributed by atoms with E-state index in [2.05, 4.69) is 52.2 Å². The van der Waals surface area contributed by atoms with Crippen LogP contribution in [-0.2, 0) is 4.79 Å². The molecule has 2 rings (SSSR count). The third-order valence-corrected chi connectivity index (χ3v) is 5.38. The number of nitrogens with zero attached hydrogens (tertiary/aromatic N) is 1. The quantitative estimate of drug-likeness (QED) is 0.804. The predicted octanol–water partition coefficient (Wildman–Crippen LogP) is 4.35. The zero-order valence-corrected chi connectivity index (χ0v) is 15.5. The van der Waals surface area contributed by atoms with E-state index in [0.717, 1.165) is 47.2 Å². The number of hydrogen-bond acceptors (Lipinski definition) is 1. The smallest absolute Gasteiger partial charge is 0.282 e. The van der Waals surface area contributed by atoms with Gasteiger partial charge in [0, 0.05) is 12.1 Å². The molecule has 3 heteroatoms. The lowest BCUT2D eigenvalue weighted by Gasteiger charge is -2.43. The second-order valence-corrected chi connectivity index (χ2v) is 7.55. The molecule has 0 saturated carbocycles. The predicted molar refractivity (Wildman–Crippen MR) is 97.7 cm³/mol. The zero-order chi connectivity index (χ0) is 17.0. The van der Waals surface area contributed by atoms with Crippen molar-refractivity contribution in [3.63, 3.8) is 0 Å². The monoisotopic (exact) mass is 317 g/mol. The molecule has 1 aromatic rings. The Labute approximate surface area is 141 Å². The molecule has 128 valence electrons. The van der Waals surface area contributed by atoms with Gasteiger partial charge >= 0.3 is 0 Å². The zero-order valence-electron chi connectivity index (χ0n) is 15.5. The van der Waals surface area contributed by atoms with Crippen LogP contribution in [0, 0.1) is 20.8 Å². The summed E-state index contributed by atoms with van der Waals surface area (Å²) < 4.78 is 0.906. The third kappa shape index (κ3) is 4.14. The lowest BCUT2D eigenvalue weighted by atomic mass is 9.99.